The minimum Gasteiger partial charge on any atom is -0.457 e. The van der Waals surface area contributed by atoms with Crippen LogP contribution in [0, 0.1) is 11.8 Å². The third kappa shape index (κ3) is 4.77. The molecule has 2 atom stereocenters. The number of anilines is 1. The molecule has 1 N–H and O–H groups in total. The highest BCUT2D eigenvalue weighted by atomic mass is 16.5. The molecule has 1 saturated carbocycles. The van der Waals surface area contributed by atoms with E-state index in [0.717, 1.165) is 38.5 Å². The summed E-state index contributed by atoms with van der Waals surface area (Å²) in [4.78, 5) is 29.4. The third-order valence-electron chi connectivity index (χ3n) is 5.68. The Bertz CT molecular complexity index is 845. The fourth-order valence-electron chi connectivity index (χ4n) is 3.74. The van der Waals surface area contributed by atoms with E-state index in [1.165, 1.54) is 0 Å². The number of rotatable bonds is 6. The maximum absolute atomic E-state index is 12.7. The lowest BCUT2D eigenvalue weighted by Crippen LogP contribution is -2.49. The molecule has 6 nitrogen and oxygen atoms in total. The number of amides is 2. The van der Waals surface area contributed by atoms with Gasteiger partial charge in [-0.15, -0.1) is 0 Å². The summed E-state index contributed by atoms with van der Waals surface area (Å²) >= 11 is 0. The molecule has 2 unspecified atom stereocenters. The molecule has 0 bridgehead atoms. The van der Waals surface area contributed by atoms with Crippen LogP contribution in [-0.2, 0) is 9.59 Å². The monoisotopic (exact) mass is 393 g/mol. The van der Waals surface area contributed by atoms with E-state index in [1.807, 2.05) is 59.5 Å². The van der Waals surface area contributed by atoms with Gasteiger partial charge in [-0.25, -0.2) is 0 Å². The highest BCUT2D eigenvalue weighted by molar-refractivity contribution is 5.99. The zero-order valence-corrected chi connectivity index (χ0v) is 16.7. The Morgan fingerprint density at radius 2 is 1.59 bits per heavy atom. The van der Waals surface area contributed by atoms with Crippen molar-refractivity contribution in [2.24, 2.45) is 11.8 Å². The van der Waals surface area contributed by atoms with Gasteiger partial charge in [0.25, 0.3) is 0 Å². The van der Waals surface area contributed by atoms with Crippen LogP contribution in [0.3, 0.4) is 0 Å². The van der Waals surface area contributed by atoms with Gasteiger partial charge in [-0.1, -0.05) is 25.1 Å². The van der Waals surface area contributed by atoms with Gasteiger partial charge in [0, 0.05) is 31.9 Å². The predicted molar refractivity (Wildman–Crippen MR) is 112 cm³/mol. The number of piperazine rings is 1. The molecule has 2 aromatic carbocycles. The molecule has 2 fully saturated rings. The predicted octanol–water partition coefficient (Wildman–Crippen LogP) is 3.22. The molecule has 29 heavy (non-hydrogen) atoms. The molecule has 1 aliphatic heterocycles. The van der Waals surface area contributed by atoms with E-state index in [0.29, 0.717) is 17.9 Å². The van der Waals surface area contributed by atoms with Gasteiger partial charge in [0.15, 0.2) is 0 Å². The fourth-order valence-corrected chi connectivity index (χ4v) is 3.74. The maximum atomic E-state index is 12.7. The number of hydrogen-bond acceptors (Lipinski definition) is 4. The summed E-state index contributed by atoms with van der Waals surface area (Å²) in [7, 11) is 0. The van der Waals surface area contributed by atoms with Crippen molar-refractivity contribution in [3.8, 4) is 11.5 Å². The Balaban J connectivity index is 1.26. The quantitative estimate of drug-likeness (QED) is 0.819. The van der Waals surface area contributed by atoms with Crippen molar-refractivity contribution in [1.29, 1.82) is 0 Å². The second kappa shape index (κ2) is 8.66. The molecule has 1 saturated heterocycles. The van der Waals surface area contributed by atoms with Crippen molar-refractivity contribution in [2.45, 2.75) is 13.3 Å². The standard InChI is InChI=1S/C23H27N3O3/c1-2-25-12-14-26(15-13-25)23(28)21-16-20(21)22(27)24-17-8-10-19(11-9-17)29-18-6-4-3-5-7-18/h3-11,20-21H,2,12-16H2,1H3,(H,24,27). The first kappa shape index (κ1) is 19.5. The van der Waals surface area contributed by atoms with E-state index in [2.05, 4.69) is 17.1 Å². The van der Waals surface area contributed by atoms with Crippen molar-refractivity contribution >= 4 is 17.5 Å². The minimum absolute atomic E-state index is 0.0766. The average molecular weight is 393 g/mol. The number of hydrogen-bond donors (Lipinski definition) is 1. The lowest BCUT2D eigenvalue weighted by atomic mass is 10.2. The van der Waals surface area contributed by atoms with Gasteiger partial charge in [0.1, 0.15) is 11.5 Å². The molecule has 0 spiro atoms. The lowest BCUT2D eigenvalue weighted by molar-refractivity contribution is -0.135. The van der Waals surface area contributed by atoms with E-state index < -0.39 is 0 Å². The molecule has 4 rings (SSSR count). The Morgan fingerprint density at radius 1 is 0.931 bits per heavy atom. The summed E-state index contributed by atoms with van der Waals surface area (Å²) in [6, 6.07) is 16.8. The van der Waals surface area contributed by atoms with Crippen LogP contribution in [0.5, 0.6) is 11.5 Å². The fraction of sp³-hybridized carbons (Fsp3) is 0.391. The smallest absolute Gasteiger partial charge is 0.228 e. The SMILES string of the molecule is CCN1CCN(C(=O)C2CC2C(=O)Nc2ccc(Oc3ccccc3)cc2)CC1. The highest BCUT2D eigenvalue weighted by Gasteiger charge is 2.49. The highest BCUT2D eigenvalue weighted by Crippen LogP contribution is 2.41. The van der Waals surface area contributed by atoms with Crippen LogP contribution < -0.4 is 10.1 Å². The number of benzene rings is 2. The van der Waals surface area contributed by atoms with Gasteiger partial charge in [-0.2, -0.15) is 0 Å². The number of nitrogens with one attached hydrogen (secondary N) is 1. The third-order valence-corrected chi connectivity index (χ3v) is 5.68. The number of nitrogens with zero attached hydrogens (tertiary/aromatic N) is 2. The summed E-state index contributed by atoms with van der Waals surface area (Å²) in [5.41, 5.74) is 0.713. The van der Waals surface area contributed by atoms with Crippen molar-refractivity contribution < 1.29 is 14.3 Å². The van der Waals surface area contributed by atoms with Crippen LogP contribution in [0.15, 0.2) is 54.6 Å². The molecular formula is C23H27N3O3. The van der Waals surface area contributed by atoms with Gasteiger partial charge in [-0.05, 0) is 49.4 Å². The Morgan fingerprint density at radius 3 is 2.24 bits per heavy atom. The van der Waals surface area contributed by atoms with Crippen LogP contribution in [0.4, 0.5) is 5.69 Å². The van der Waals surface area contributed by atoms with Crippen LogP contribution in [0.2, 0.25) is 0 Å². The van der Waals surface area contributed by atoms with Crippen molar-refractivity contribution in [2.75, 3.05) is 38.0 Å². The summed E-state index contributed by atoms with van der Waals surface area (Å²) in [5, 5.41) is 2.93. The average Bonchev–Trinajstić information content (AvgIpc) is 3.57. The molecular weight excluding hydrogens is 366 g/mol. The number of carbonyl (C=O) groups excluding carboxylic acids is 2. The molecule has 152 valence electrons. The zero-order chi connectivity index (χ0) is 20.2. The second-order valence-electron chi connectivity index (χ2n) is 7.64. The molecule has 0 radical (unpaired) electrons. The number of likely N-dealkylation sites (N-methyl/N-ethyl adjacent to an activating group) is 1. The van der Waals surface area contributed by atoms with E-state index in [1.54, 1.807) is 0 Å². The topological polar surface area (TPSA) is 61.9 Å². The van der Waals surface area contributed by atoms with E-state index in [-0.39, 0.29) is 23.7 Å². The van der Waals surface area contributed by atoms with E-state index in [9.17, 15) is 9.59 Å². The molecule has 0 aromatic heterocycles. The lowest BCUT2D eigenvalue weighted by Gasteiger charge is -2.34. The number of ether oxygens (including phenoxy) is 1. The minimum atomic E-state index is -0.216. The molecule has 2 amide bonds. The van der Waals surface area contributed by atoms with Crippen LogP contribution in [0.25, 0.3) is 0 Å². The Hall–Kier alpha value is -2.86. The Labute approximate surface area is 171 Å². The Kier molecular flexibility index (Phi) is 5.81. The summed E-state index contributed by atoms with van der Waals surface area (Å²) in [5.74, 6) is 1.15. The molecule has 1 aliphatic carbocycles. The van der Waals surface area contributed by atoms with Gasteiger partial charge in [0.2, 0.25) is 11.8 Å². The first-order valence-electron chi connectivity index (χ1n) is 10.3. The van der Waals surface area contributed by atoms with Gasteiger partial charge in [0.05, 0.1) is 11.8 Å². The maximum Gasteiger partial charge on any atom is 0.228 e. The van der Waals surface area contributed by atoms with E-state index in [4.69, 9.17) is 4.74 Å². The molecule has 2 aromatic rings. The second-order valence-corrected chi connectivity index (χ2v) is 7.64. The first-order valence-corrected chi connectivity index (χ1v) is 10.3. The molecule has 2 aliphatic rings. The normalized spacial score (nSPS) is 21.5. The number of carbonyl (C=O) groups is 2. The van der Waals surface area contributed by atoms with Gasteiger partial charge in [-0.3, -0.25) is 9.59 Å². The molecule has 1 heterocycles. The summed E-state index contributed by atoms with van der Waals surface area (Å²) in [6.07, 6.45) is 0.647. The van der Waals surface area contributed by atoms with Crippen molar-refractivity contribution in [3.05, 3.63) is 54.6 Å². The van der Waals surface area contributed by atoms with Crippen LogP contribution >= 0.6 is 0 Å². The molecule has 6 heteroatoms. The largest absolute Gasteiger partial charge is 0.457 e. The zero-order valence-electron chi connectivity index (χ0n) is 16.7. The van der Waals surface area contributed by atoms with Crippen LogP contribution in [-0.4, -0.2) is 54.3 Å². The van der Waals surface area contributed by atoms with Crippen molar-refractivity contribution in [1.82, 2.24) is 9.80 Å². The summed E-state index contributed by atoms with van der Waals surface area (Å²) < 4.78 is 5.76. The van der Waals surface area contributed by atoms with Gasteiger partial charge < -0.3 is 19.9 Å². The van der Waals surface area contributed by atoms with E-state index >= 15 is 0 Å². The van der Waals surface area contributed by atoms with Crippen LogP contribution in [0.1, 0.15) is 13.3 Å². The number of para-hydroxylation sites is 1. The first-order chi connectivity index (χ1) is 14.1. The van der Waals surface area contributed by atoms with Gasteiger partial charge >= 0.3 is 0 Å². The van der Waals surface area contributed by atoms with Crippen molar-refractivity contribution in [3.63, 3.8) is 0 Å². The summed E-state index contributed by atoms with van der Waals surface area (Å²) in [6.45, 7) is 6.53.